The Bertz CT molecular complexity index is 580. The molecule has 0 amide bonds. The van der Waals surface area contributed by atoms with Gasteiger partial charge in [0.25, 0.3) is 0 Å². The number of hydrogen-bond acceptors (Lipinski definition) is 2. The molecule has 0 saturated heterocycles. The Morgan fingerprint density at radius 2 is 1.91 bits per heavy atom. The van der Waals surface area contributed by atoms with Crippen LogP contribution in [0.3, 0.4) is 0 Å². The van der Waals surface area contributed by atoms with Crippen molar-refractivity contribution in [1.29, 1.82) is 0 Å². The highest BCUT2D eigenvalue weighted by Gasteiger charge is 1.99. The number of halogens is 1. The summed E-state index contributed by atoms with van der Waals surface area (Å²) >= 11 is 0. The van der Waals surface area contributed by atoms with Crippen LogP contribution in [0.1, 0.15) is 18.1 Å². The Morgan fingerprint density at radius 1 is 1.13 bits per heavy atom. The van der Waals surface area contributed by atoms with Crippen molar-refractivity contribution < 1.29 is 0 Å². The van der Waals surface area contributed by atoms with Gasteiger partial charge in [-0.15, -0.1) is 24.0 Å². The van der Waals surface area contributed by atoms with Crippen LogP contribution >= 0.6 is 24.0 Å². The van der Waals surface area contributed by atoms with E-state index in [1.165, 1.54) is 11.1 Å². The van der Waals surface area contributed by atoms with Crippen molar-refractivity contribution in [3.8, 4) is 0 Å². The highest BCUT2D eigenvalue weighted by atomic mass is 127. The molecule has 23 heavy (non-hydrogen) atoms. The van der Waals surface area contributed by atoms with Crippen LogP contribution < -0.4 is 10.6 Å². The third kappa shape index (κ3) is 7.49. The molecular weight excluding hydrogens is 401 g/mol. The topological polar surface area (TPSA) is 54.2 Å². The Labute approximate surface area is 155 Å². The van der Waals surface area contributed by atoms with Gasteiger partial charge in [0.1, 0.15) is 0 Å². The van der Waals surface area contributed by atoms with Crippen molar-refractivity contribution in [2.24, 2.45) is 12.0 Å². The van der Waals surface area contributed by atoms with Crippen molar-refractivity contribution in [3.05, 3.63) is 53.9 Å². The first-order valence-electron chi connectivity index (χ1n) is 7.81. The van der Waals surface area contributed by atoms with Gasteiger partial charge in [-0.05, 0) is 30.9 Å². The van der Waals surface area contributed by atoms with E-state index in [1.54, 1.807) is 0 Å². The second-order valence-corrected chi connectivity index (χ2v) is 5.20. The number of benzene rings is 1. The first-order chi connectivity index (χ1) is 10.8. The molecule has 2 rings (SSSR count). The van der Waals surface area contributed by atoms with Gasteiger partial charge < -0.3 is 10.6 Å². The number of guanidine groups is 1. The van der Waals surface area contributed by atoms with Crippen molar-refractivity contribution in [2.45, 2.75) is 19.8 Å². The summed E-state index contributed by atoms with van der Waals surface area (Å²) < 4.78 is 1.83. The highest BCUT2D eigenvalue weighted by molar-refractivity contribution is 14.0. The number of aromatic nitrogens is 2. The van der Waals surface area contributed by atoms with E-state index in [1.807, 2.05) is 30.2 Å². The number of nitrogens with one attached hydrogen (secondary N) is 2. The van der Waals surface area contributed by atoms with Gasteiger partial charge >= 0.3 is 0 Å². The van der Waals surface area contributed by atoms with Crippen LogP contribution in [0.2, 0.25) is 0 Å². The number of hydrogen-bond donors (Lipinski definition) is 2. The number of rotatable bonds is 7. The van der Waals surface area contributed by atoms with Crippen LogP contribution in [0.15, 0.2) is 47.7 Å². The van der Waals surface area contributed by atoms with Gasteiger partial charge in [-0.25, -0.2) is 0 Å². The van der Waals surface area contributed by atoms with E-state index in [2.05, 4.69) is 51.9 Å². The molecule has 2 aromatic rings. The maximum Gasteiger partial charge on any atom is 0.191 e. The van der Waals surface area contributed by atoms with Crippen LogP contribution in [0.4, 0.5) is 0 Å². The lowest BCUT2D eigenvalue weighted by Crippen LogP contribution is -2.38. The zero-order valence-electron chi connectivity index (χ0n) is 13.8. The molecule has 5 nitrogen and oxygen atoms in total. The zero-order valence-corrected chi connectivity index (χ0v) is 16.2. The van der Waals surface area contributed by atoms with Crippen LogP contribution in [0, 0.1) is 0 Å². The standard InChI is InChI=1S/C17H25N5.HI/c1-3-18-17(19-11-9-15-7-5-4-6-8-15)20-12-10-16-13-21-22(2)14-16;/h4-8,13-14H,3,9-12H2,1-2H3,(H2,18,19,20);1H. The first kappa shape index (κ1) is 19.5. The Balaban J connectivity index is 0.00000264. The molecule has 0 bridgehead atoms. The quantitative estimate of drug-likeness (QED) is 0.406. The van der Waals surface area contributed by atoms with Gasteiger partial charge in [0.2, 0.25) is 0 Å². The number of aliphatic imine (C=N–C) groups is 1. The van der Waals surface area contributed by atoms with Crippen molar-refractivity contribution in [1.82, 2.24) is 20.4 Å². The number of aryl methyl sites for hydroxylation is 1. The van der Waals surface area contributed by atoms with Crippen LogP contribution in [0.5, 0.6) is 0 Å². The minimum Gasteiger partial charge on any atom is -0.357 e. The predicted octanol–water partition coefficient (Wildman–Crippen LogP) is 2.38. The maximum atomic E-state index is 4.62. The Hall–Kier alpha value is -1.57. The van der Waals surface area contributed by atoms with E-state index >= 15 is 0 Å². The fourth-order valence-corrected chi connectivity index (χ4v) is 2.21. The summed E-state index contributed by atoms with van der Waals surface area (Å²) in [7, 11) is 1.94. The molecule has 1 aromatic carbocycles. The highest BCUT2D eigenvalue weighted by Crippen LogP contribution is 1.99. The monoisotopic (exact) mass is 427 g/mol. The third-order valence-corrected chi connectivity index (χ3v) is 3.32. The molecule has 126 valence electrons. The van der Waals surface area contributed by atoms with E-state index < -0.39 is 0 Å². The maximum absolute atomic E-state index is 4.62. The van der Waals surface area contributed by atoms with Crippen LogP contribution in [-0.4, -0.2) is 35.4 Å². The van der Waals surface area contributed by atoms with E-state index in [0.717, 1.165) is 38.4 Å². The first-order valence-corrected chi connectivity index (χ1v) is 7.81. The lowest BCUT2D eigenvalue weighted by atomic mass is 10.2. The molecule has 0 atom stereocenters. The Morgan fingerprint density at radius 3 is 2.57 bits per heavy atom. The molecule has 0 unspecified atom stereocenters. The van der Waals surface area contributed by atoms with Gasteiger partial charge in [-0.2, -0.15) is 5.10 Å². The molecule has 0 fully saturated rings. The fourth-order valence-electron chi connectivity index (χ4n) is 2.21. The molecule has 0 aliphatic heterocycles. The molecule has 0 aliphatic carbocycles. The van der Waals surface area contributed by atoms with Crippen molar-refractivity contribution in [2.75, 3.05) is 19.6 Å². The molecular formula is C17H26IN5. The van der Waals surface area contributed by atoms with E-state index in [4.69, 9.17) is 0 Å². The fraction of sp³-hybridized carbons (Fsp3) is 0.412. The van der Waals surface area contributed by atoms with Crippen LogP contribution in [0.25, 0.3) is 0 Å². The molecule has 0 saturated carbocycles. The smallest absolute Gasteiger partial charge is 0.191 e. The summed E-state index contributed by atoms with van der Waals surface area (Å²) in [6.07, 6.45) is 5.85. The molecule has 6 heteroatoms. The van der Waals surface area contributed by atoms with Gasteiger partial charge in [0.15, 0.2) is 5.96 Å². The SMILES string of the molecule is CCNC(=NCCc1ccccc1)NCCc1cnn(C)c1.I. The second kappa shape index (κ2) is 11.0. The molecule has 1 aromatic heterocycles. The molecule has 0 aliphatic rings. The van der Waals surface area contributed by atoms with Gasteiger partial charge in [-0.1, -0.05) is 30.3 Å². The van der Waals surface area contributed by atoms with E-state index in [9.17, 15) is 0 Å². The average Bonchev–Trinajstić information content (AvgIpc) is 2.94. The van der Waals surface area contributed by atoms with E-state index in [0.29, 0.717) is 0 Å². The van der Waals surface area contributed by atoms with E-state index in [-0.39, 0.29) is 24.0 Å². The second-order valence-electron chi connectivity index (χ2n) is 5.20. The largest absolute Gasteiger partial charge is 0.357 e. The summed E-state index contributed by atoms with van der Waals surface area (Å²) in [6.45, 7) is 4.58. The number of nitrogens with zero attached hydrogens (tertiary/aromatic N) is 3. The molecule has 0 spiro atoms. The summed E-state index contributed by atoms with van der Waals surface area (Å²) in [4.78, 5) is 4.62. The molecule has 0 radical (unpaired) electrons. The Kier molecular flexibility index (Phi) is 9.35. The van der Waals surface area contributed by atoms with Crippen molar-refractivity contribution >= 4 is 29.9 Å². The average molecular weight is 427 g/mol. The minimum atomic E-state index is 0. The normalized spacial score (nSPS) is 11.0. The van der Waals surface area contributed by atoms with Gasteiger partial charge in [0, 0.05) is 32.9 Å². The van der Waals surface area contributed by atoms with Crippen LogP contribution in [-0.2, 0) is 19.9 Å². The third-order valence-electron chi connectivity index (χ3n) is 3.32. The van der Waals surface area contributed by atoms with Gasteiger partial charge in [-0.3, -0.25) is 9.67 Å². The summed E-state index contributed by atoms with van der Waals surface area (Å²) in [5.41, 5.74) is 2.55. The minimum absolute atomic E-state index is 0. The lowest BCUT2D eigenvalue weighted by Gasteiger charge is -2.10. The summed E-state index contributed by atoms with van der Waals surface area (Å²) in [5, 5.41) is 10.8. The summed E-state index contributed by atoms with van der Waals surface area (Å²) in [6, 6.07) is 10.4. The lowest BCUT2D eigenvalue weighted by molar-refractivity contribution is 0.765. The zero-order chi connectivity index (χ0) is 15.6. The van der Waals surface area contributed by atoms with Crippen molar-refractivity contribution in [3.63, 3.8) is 0 Å². The van der Waals surface area contributed by atoms with Gasteiger partial charge in [0.05, 0.1) is 6.20 Å². The molecule has 1 heterocycles. The predicted molar refractivity (Wildman–Crippen MR) is 106 cm³/mol. The summed E-state index contributed by atoms with van der Waals surface area (Å²) in [5.74, 6) is 0.877. The molecule has 2 N–H and O–H groups in total.